The number of amides is 1. The number of H-pyrrole nitrogens is 1. The van der Waals surface area contributed by atoms with Gasteiger partial charge in [-0.3, -0.25) is 4.79 Å². The standard InChI is InChI=1S/C12H14N4O4/c1-18-6-4-5-7(19-2)11(20-3)8(6)9-10(12(13)17)15-16-14-9/h4-5H,1-3H3,(H2,13,17)(H,14,15,16). The molecule has 0 aliphatic heterocycles. The molecule has 2 aromatic rings. The van der Waals surface area contributed by atoms with Crippen molar-refractivity contribution in [3.8, 4) is 28.5 Å². The highest BCUT2D eigenvalue weighted by molar-refractivity contribution is 5.98. The van der Waals surface area contributed by atoms with Gasteiger partial charge in [0.1, 0.15) is 11.4 Å². The molecule has 0 atom stereocenters. The van der Waals surface area contributed by atoms with Crippen LogP contribution in [0.4, 0.5) is 0 Å². The molecule has 1 heterocycles. The van der Waals surface area contributed by atoms with Gasteiger partial charge in [-0.1, -0.05) is 0 Å². The average Bonchev–Trinajstić information content (AvgIpc) is 2.94. The number of primary amides is 1. The molecule has 1 aromatic carbocycles. The lowest BCUT2D eigenvalue weighted by atomic mass is 10.1. The van der Waals surface area contributed by atoms with Gasteiger partial charge in [-0.2, -0.15) is 15.4 Å². The second kappa shape index (κ2) is 5.47. The highest BCUT2D eigenvalue weighted by atomic mass is 16.5. The van der Waals surface area contributed by atoms with Gasteiger partial charge < -0.3 is 19.9 Å². The number of aromatic amines is 1. The highest BCUT2D eigenvalue weighted by Crippen LogP contribution is 2.44. The summed E-state index contributed by atoms with van der Waals surface area (Å²) in [5, 5.41) is 10.0. The molecule has 0 aliphatic rings. The van der Waals surface area contributed by atoms with Crippen LogP contribution in [-0.4, -0.2) is 42.6 Å². The normalized spacial score (nSPS) is 10.2. The lowest BCUT2D eigenvalue weighted by Gasteiger charge is -2.14. The molecule has 3 N–H and O–H groups in total. The smallest absolute Gasteiger partial charge is 0.271 e. The SMILES string of the molecule is COc1ccc(OC)c(-c2n[nH]nc2C(N)=O)c1OC. The summed E-state index contributed by atoms with van der Waals surface area (Å²) in [5.74, 6) is 0.602. The zero-order valence-electron chi connectivity index (χ0n) is 11.3. The van der Waals surface area contributed by atoms with Crippen LogP contribution in [0.1, 0.15) is 10.5 Å². The number of carbonyl (C=O) groups excluding carboxylic acids is 1. The van der Waals surface area contributed by atoms with Crippen molar-refractivity contribution < 1.29 is 19.0 Å². The van der Waals surface area contributed by atoms with Crippen LogP contribution in [0.15, 0.2) is 12.1 Å². The van der Waals surface area contributed by atoms with Crippen LogP contribution in [0.2, 0.25) is 0 Å². The van der Waals surface area contributed by atoms with Crippen molar-refractivity contribution in [1.29, 1.82) is 0 Å². The van der Waals surface area contributed by atoms with Gasteiger partial charge in [0.2, 0.25) is 0 Å². The van der Waals surface area contributed by atoms with Gasteiger partial charge in [0.25, 0.3) is 5.91 Å². The Labute approximate surface area is 114 Å². The maximum atomic E-state index is 11.4. The minimum Gasteiger partial charge on any atom is -0.496 e. The van der Waals surface area contributed by atoms with Crippen LogP contribution < -0.4 is 19.9 Å². The fourth-order valence-corrected chi connectivity index (χ4v) is 1.88. The van der Waals surface area contributed by atoms with Gasteiger partial charge in [-0.05, 0) is 12.1 Å². The Balaban J connectivity index is 2.76. The first kappa shape index (κ1) is 13.7. The van der Waals surface area contributed by atoms with Crippen LogP contribution in [0, 0.1) is 0 Å². The molecule has 0 unspecified atom stereocenters. The van der Waals surface area contributed by atoms with Crippen molar-refractivity contribution in [2.45, 2.75) is 0 Å². The molecule has 2 rings (SSSR count). The molecule has 0 bridgehead atoms. The van der Waals surface area contributed by atoms with Crippen molar-refractivity contribution in [3.63, 3.8) is 0 Å². The van der Waals surface area contributed by atoms with Gasteiger partial charge in [0.15, 0.2) is 17.2 Å². The minimum atomic E-state index is -0.708. The number of nitrogens with one attached hydrogen (secondary N) is 1. The molecule has 0 saturated heterocycles. The van der Waals surface area contributed by atoms with E-state index in [2.05, 4.69) is 15.4 Å². The first-order valence-corrected chi connectivity index (χ1v) is 5.64. The van der Waals surface area contributed by atoms with Gasteiger partial charge >= 0.3 is 0 Å². The van der Waals surface area contributed by atoms with Crippen LogP contribution in [0.3, 0.4) is 0 Å². The number of rotatable bonds is 5. The predicted octanol–water partition coefficient (Wildman–Crippen LogP) is 0.596. The van der Waals surface area contributed by atoms with Crippen molar-refractivity contribution in [2.75, 3.05) is 21.3 Å². The maximum Gasteiger partial charge on any atom is 0.271 e. The third kappa shape index (κ3) is 2.11. The van der Waals surface area contributed by atoms with Gasteiger partial charge in [-0.15, -0.1) is 0 Å². The molecule has 1 aromatic heterocycles. The number of hydrogen-bond donors (Lipinski definition) is 2. The number of benzene rings is 1. The van der Waals surface area contributed by atoms with E-state index in [-0.39, 0.29) is 11.4 Å². The lowest BCUT2D eigenvalue weighted by molar-refractivity contribution is 0.0996. The van der Waals surface area contributed by atoms with Crippen LogP contribution >= 0.6 is 0 Å². The molecule has 8 heteroatoms. The fraction of sp³-hybridized carbons (Fsp3) is 0.250. The van der Waals surface area contributed by atoms with Crippen molar-refractivity contribution in [3.05, 3.63) is 17.8 Å². The monoisotopic (exact) mass is 278 g/mol. The fourth-order valence-electron chi connectivity index (χ4n) is 1.88. The van der Waals surface area contributed by atoms with E-state index in [1.54, 1.807) is 12.1 Å². The van der Waals surface area contributed by atoms with Gasteiger partial charge in [0, 0.05) is 0 Å². The predicted molar refractivity (Wildman–Crippen MR) is 70.0 cm³/mol. The van der Waals surface area contributed by atoms with Crippen LogP contribution in [0.25, 0.3) is 11.3 Å². The number of nitrogens with zero attached hydrogens (tertiary/aromatic N) is 2. The Morgan fingerprint density at radius 1 is 1.10 bits per heavy atom. The molecule has 8 nitrogen and oxygen atoms in total. The van der Waals surface area contributed by atoms with E-state index >= 15 is 0 Å². The summed E-state index contributed by atoms with van der Waals surface area (Å²) < 4.78 is 15.8. The number of nitrogens with two attached hydrogens (primary N) is 1. The topological polar surface area (TPSA) is 112 Å². The van der Waals surface area contributed by atoms with Gasteiger partial charge in [-0.25, -0.2) is 0 Å². The molecule has 106 valence electrons. The second-order valence-corrected chi connectivity index (χ2v) is 3.76. The summed E-state index contributed by atoms with van der Waals surface area (Å²) in [6.07, 6.45) is 0. The zero-order chi connectivity index (χ0) is 14.7. The number of methoxy groups -OCH3 is 3. The van der Waals surface area contributed by atoms with E-state index < -0.39 is 5.91 Å². The molecule has 20 heavy (non-hydrogen) atoms. The quantitative estimate of drug-likeness (QED) is 0.828. The maximum absolute atomic E-state index is 11.4. The Bertz CT molecular complexity index is 638. The molecule has 1 amide bonds. The summed E-state index contributed by atoms with van der Waals surface area (Å²) in [7, 11) is 4.48. The molecular weight excluding hydrogens is 264 g/mol. The summed E-state index contributed by atoms with van der Waals surface area (Å²) in [6.45, 7) is 0. The molecule has 0 radical (unpaired) electrons. The van der Waals surface area contributed by atoms with E-state index in [1.807, 2.05) is 0 Å². The number of aromatic nitrogens is 3. The van der Waals surface area contributed by atoms with E-state index in [4.69, 9.17) is 19.9 Å². The van der Waals surface area contributed by atoms with Crippen molar-refractivity contribution >= 4 is 5.91 Å². The molecular formula is C12H14N4O4. The Kier molecular flexibility index (Phi) is 3.74. The molecule has 0 fully saturated rings. The van der Waals surface area contributed by atoms with E-state index in [0.29, 0.717) is 22.8 Å². The van der Waals surface area contributed by atoms with Crippen LogP contribution in [-0.2, 0) is 0 Å². The Morgan fingerprint density at radius 2 is 1.75 bits per heavy atom. The van der Waals surface area contributed by atoms with Crippen molar-refractivity contribution in [2.24, 2.45) is 5.73 Å². The third-order valence-corrected chi connectivity index (χ3v) is 2.75. The van der Waals surface area contributed by atoms with Crippen LogP contribution in [0.5, 0.6) is 17.2 Å². The first-order valence-electron chi connectivity index (χ1n) is 5.64. The first-order chi connectivity index (χ1) is 9.63. The number of ether oxygens (including phenoxy) is 3. The van der Waals surface area contributed by atoms with E-state index in [1.165, 1.54) is 21.3 Å². The molecule has 0 aliphatic carbocycles. The van der Waals surface area contributed by atoms with Crippen molar-refractivity contribution in [1.82, 2.24) is 15.4 Å². The lowest BCUT2D eigenvalue weighted by Crippen LogP contribution is -2.13. The number of carbonyl (C=O) groups is 1. The molecule has 0 spiro atoms. The van der Waals surface area contributed by atoms with Gasteiger partial charge in [0.05, 0.1) is 26.9 Å². The largest absolute Gasteiger partial charge is 0.496 e. The summed E-state index contributed by atoms with van der Waals surface area (Å²) in [4.78, 5) is 11.4. The summed E-state index contributed by atoms with van der Waals surface area (Å²) >= 11 is 0. The second-order valence-electron chi connectivity index (χ2n) is 3.76. The van der Waals surface area contributed by atoms with E-state index in [9.17, 15) is 4.79 Å². The number of hydrogen-bond acceptors (Lipinski definition) is 6. The highest BCUT2D eigenvalue weighted by Gasteiger charge is 2.25. The Hall–Kier alpha value is -2.77. The Morgan fingerprint density at radius 3 is 2.30 bits per heavy atom. The summed E-state index contributed by atoms with van der Waals surface area (Å²) in [5.41, 5.74) is 5.95. The minimum absolute atomic E-state index is 0.00477. The molecule has 0 saturated carbocycles. The third-order valence-electron chi connectivity index (χ3n) is 2.75. The zero-order valence-corrected chi connectivity index (χ0v) is 11.3. The average molecular weight is 278 g/mol. The summed E-state index contributed by atoms with van der Waals surface area (Å²) in [6, 6.07) is 3.36. The van der Waals surface area contributed by atoms with E-state index in [0.717, 1.165) is 0 Å².